The lowest BCUT2D eigenvalue weighted by Crippen LogP contribution is -2.35. The van der Waals surface area contributed by atoms with Crippen LogP contribution in [0.3, 0.4) is 0 Å². The van der Waals surface area contributed by atoms with Crippen molar-refractivity contribution < 1.29 is 14.3 Å². The van der Waals surface area contributed by atoms with Crippen LogP contribution in [0.15, 0.2) is 64.8 Å². The molecule has 2 N–H and O–H groups in total. The van der Waals surface area contributed by atoms with Crippen LogP contribution in [0.2, 0.25) is 5.02 Å². The first-order valence-electron chi connectivity index (χ1n) is 10.4. The number of aromatic amines is 1. The summed E-state index contributed by atoms with van der Waals surface area (Å²) in [5.41, 5.74) is 1.36. The number of fused-ring (bicyclic) bond motifs is 2. The molecule has 0 fully saturated rings. The number of ether oxygens (including phenoxy) is 2. The SMILES string of the molecule is O=C(Nc1ccccc1Cl)N(Cc1cccs1)Cc1cc2cc3c(cc2[nH]c1=O)OCCO3. The Morgan fingerprint density at radius 1 is 1.06 bits per heavy atom. The van der Waals surface area contributed by atoms with Crippen LogP contribution in [0, 0.1) is 0 Å². The number of thiophene rings is 1. The number of nitrogens with one attached hydrogen (secondary N) is 2. The lowest BCUT2D eigenvalue weighted by atomic mass is 10.1. The van der Waals surface area contributed by atoms with Crippen LogP contribution in [-0.2, 0) is 13.1 Å². The highest BCUT2D eigenvalue weighted by Crippen LogP contribution is 2.33. The van der Waals surface area contributed by atoms with E-state index in [9.17, 15) is 9.59 Å². The van der Waals surface area contributed by atoms with E-state index in [4.69, 9.17) is 21.1 Å². The number of amides is 2. The first kappa shape index (κ1) is 21.4. The number of hydrogen-bond donors (Lipinski definition) is 2. The molecule has 0 unspecified atom stereocenters. The number of urea groups is 1. The molecule has 9 heteroatoms. The molecule has 2 aromatic carbocycles. The van der Waals surface area contributed by atoms with E-state index in [-0.39, 0.29) is 18.1 Å². The number of H-pyrrole nitrogens is 1. The number of anilines is 1. The number of aromatic nitrogens is 1. The predicted molar refractivity (Wildman–Crippen MR) is 130 cm³/mol. The Hall–Kier alpha value is -3.49. The van der Waals surface area contributed by atoms with Gasteiger partial charge in [0.15, 0.2) is 11.5 Å². The molecule has 1 aliphatic rings. The summed E-state index contributed by atoms with van der Waals surface area (Å²) in [6.07, 6.45) is 0. The van der Waals surface area contributed by atoms with E-state index in [0.29, 0.717) is 53.0 Å². The minimum absolute atomic E-state index is 0.119. The fourth-order valence-corrected chi connectivity index (χ4v) is 4.56. The lowest BCUT2D eigenvalue weighted by Gasteiger charge is -2.23. The molecule has 4 aromatic rings. The second-order valence-electron chi connectivity index (χ2n) is 7.55. The Kier molecular flexibility index (Phi) is 5.93. The molecule has 33 heavy (non-hydrogen) atoms. The minimum Gasteiger partial charge on any atom is -0.486 e. The van der Waals surface area contributed by atoms with Crippen LogP contribution in [0.1, 0.15) is 10.4 Å². The zero-order chi connectivity index (χ0) is 22.8. The molecule has 0 spiro atoms. The van der Waals surface area contributed by atoms with Crippen molar-refractivity contribution in [2.45, 2.75) is 13.1 Å². The van der Waals surface area contributed by atoms with Gasteiger partial charge < -0.3 is 24.7 Å². The summed E-state index contributed by atoms with van der Waals surface area (Å²) in [6, 6.07) is 16.0. The summed E-state index contributed by atoms with van der Waals surface area (Å²) in [5, 5.41) is 6.05. The fourth-order valence-electron chi connectivity index (χ4n) is 3.66. The molecule has 7 nitrogen and oxygen atoms in total. The van der Waals surface area contributed by atoms with Crippen LogP contribution in [0.5, 0.6) is 11.5 Å². The molecule has 1 aliphatic heterocycles. The summed E-state index contributed by atoms with van der Waals surface area (Å²) in [4.78, 5) is 31.5. The van der Waals surface area contributed by atoms with Crippen molar-refractivity contribution in [3.8, 4) is 11.5 Å². The number of para-hydroxylation sites is 1. The third-order valence-corrected chi connectivity index (χ3v) is 6.47. The van der Waals surface area contributed by atoms with Crippen molar-refractivity contribution in [3.63, 3.8) is 0 Å². The lowest BCUT2D eigenvalue weighted by molar-refractivity contribution is 0.172. The first-order valence-corrected chi connectivity index (χ1v) is 11.6. The minimum atomic E-state index is -0.349. The number of carbonyl (C=O) groups excluding carboxylic acids is 1. The van der Waals surface area contributed by atoms with Gasteiger partial charge in [0.05, 0.1) is 29.3 Å². The third kappa shape index (κ3) is 4.67. The van der Waals surface area contributed by atoms with E-state index in [0.717, 1.165) is 10.3 Å². The average Bonchev–Trinajstić information content (AvgIpc) is 3.32. The monoisotopic (exact) mass is 481 g/mol. The smallest absolute Gasteiger partial charge is 0.322 e. The number of benzene rings is 2. The zero-order valence-corrected chi connectivity index (χ0v) is 19.0. The molecule has 0 radical (unpaired) electrons. The van der Waals surface area contributed by atoms with Crippen molar-refractivity contribution in [1.29, 1.82) is 0 Å². The van der Waals surface area contributed by atoms with E-state index in [1.54, 1.807) is 52.6 Å². The van der Waals surface area contributed by atoms with E-state index < -0.39 is 0 Å². The Bertz CT molecular complexity index is 1370. The summed E-state index contributed by atoms with van der Waals surface area (Å²) >= 11 is 7.76. The number of hydrogen-bond acceptors (Lipinski definition) is 5. The topological polar surface area (TPSA) is 83.7 Å². The van der Waals surface area contributed by atoms with E-state index >= 15 is 0 Å². The number of carbonyl (C=O) groups is 1. The molecule has 0 saturated carbocycles. The van der Waals surface area contributed by atoms with Gasteiger partial charge in [-0.25, -0.2) is 4.79 Å². The third-order valence-electron chi connectivity index (χ3n) is 5.27. The first-order chi connectivity index (χ1) is 16.1. The molecule has 5 rings (SSSR count). The maximum atomic E-state index is 13.2. The Morgan fingerprint density at radius 2 is 1.85 bits per heavy atom. The Balaban J connectivity index is 1.46. The van der Waals surface area contributed by atoms with Crippen molar-refractivity contribution in [1.82, 2.24) is 9.88 Å². The van der Waals surface area contributed by atoms with Crippen LogP contribution < -0.4 is 20.3 Å². The second kappa shape index (κ2) is 9.17. The number of rotatable bonds is 5. The molecule has 3 heterocycles. The van der Waals surface area contributed by atoms with Crippen LogP contribution in [0.4, 0.5) is 10.5 Å². The van der Waals surface area contributed by atoms with Gasteiger partial charge >= 0.3 is 6.03 Å². The highest BCUT2D eigenvalue weighted by atomic mass is 35.5. The Morgan fingerprint density at radius 3 is 2.61 bits per heavy atom. The van der Waals surface area contributed by atoms with Crippen LogP contribution >= 0.6 is 22.9 Å². The highest BCUT2D eigenvalue weighted by Gasteiger charge is 2.19. The summed E-state index contributed by atoms with van der Waals surface area (Å²) in [7, 11) is 0. The summed E-state index contributed by atoms with van der Waals surface area (Å²) in [6.45, 7) is 1.42. The van der Waals surface area contributed by atoms with Gasteiger partial charge in [0.2, 0.25) is 0 Å². The second-order valence-corrected chi connectivity index (χ2v) is 8.99. The molecular weight excluding hydrogens is 462 g/mol. The van der Waals surface area contributed by atoms with Gasteiger partial charge in [0, 0.05) is 21.9 Å². The van der Waals surface area contributed by atoms with Gasteiger partial charge in [-0.1, -0.05) is 29.8 Å². The molecule has 2 aromatic heterocycles. The van der Waals surface area contributed by atoms with E-state index in [2.05, 4.69) is 10.3 Å². The molecule has 0 aliphatic carbocycles. The quantitative estimate of drug-likeness (QED) is 0.408. The van der Waals surface area contributed by atoms with Gasteiger partial charge in [-0.3, -0.25) is 4.79 Å². The van der Waals surface area contributed by atoms with Crippen molar-refractivity contribution >= 4 is 45.6 Å². The van der Waals surface area contributed by atoms with Gasteiger partial charge in [0.25, 0.3) is 5.56 Å². The van der Waals surface area contributed by atoms with E-state index in [1.165, 1.54) is 0 Å². The highest BCUT2D eigenvalue weighted by molar-refractivity contribution is 7.09. The van der Waals surface area contributed by atoms with Crippen LogP contribution in [0.25, 0.3) is 10.9 Å². The normalized spacial score (nSPS) is 12.5. The maximum Gasteiger partial charge on any atom is 0.322 e. The van der Waals surface area contributed by atoms with Gasteiger partial charge in [0.1, 0.15) is 13.2 Å². The number of halogens is 1. The largest absolute Gasteiger partial charge is 0.486 e. The number of nitrogens with zero attached hydrogens (tertiary/aromatic N) is 1. The van der Waals surface area contributed by atoms with Crippen molar-refractivity contribution in [2.75, 3.05) is 18.5 Å². The van der Waals surface area contributed by atoms with Gasteiger partial charge in [-0.15, -0.1) is 11.3 Å². The molecular formula is C24H20ClN3O4S. The summed E-state index contributed by atoms with van der Waals surface area (Å²) < 4.78 is 11.3. The van der Waals surface area contributed by atoms with Crippen LogP contribution in [-0.4, -0.2) is 29.1 Å². The predicted octanol–water partition coefficient (Wildman–Crippen LogP) is 5.25. The summed E-state index contributed by atoms with van der Waals surface area (Å²) in [5.74, 6) is 1.24. The Labute approximate surface area is 198 Å². The van der Waals surface area contributed by atoms with Gasteiger partial charge in [-0.05, 0) is 35.7 Å². The molecule has 0 bridgehead atoms. The zero-order valence-electron chi connectivity index (χ0n) is 17.5. The molecule has 168 valence electrons. The fraction of sp³-hybridized carbons (Fsp3) is 0.167. The standard InChI is InChI=1S/C24H20ClN3O4S/c25-18-5-1-2-6-19(18)27-24(30)28(14-17-4-3-9-33-17)13-16-10-15-11-21-22(32-8-7-31-21)12-20(15)26-23(16)29/h1-6,9-12H,7-8,13-14H2,(H,26,29)(H,27,30). The average molecular weight is 482 g/mol. The molecule has 2 amide bonds. The van der Waals surface area contributed by atoms with Crippen molar-refractivity contribution in [3.05, 3.63) is 85.8 Å². The van der Waals surface area contributed by atoms with Crippen molar-refractivity contribution in [2.24, 2.45) is 0 Å². The molecule has 0 saturated heterocycles. The number of pyridine rings is 1. The maximum absolute atomic E-state index is 13.2. The van der Waals surface area contributed by atoms with Gasteiger partial charge in [-0.2, -0.15) is 0 Å². The van der Waals surface area contributed by atoms with E-state index in [1.807, 2.05) is 23.6 Å². The molecule has 0 atom stereocenters.